The van der Waals surface area contributed by atoms with Crippen molar-refractivity contribution in [2.45, 2.75) is 6.42 Å². The molecule has 0 aromatic heterocycles. The summed E-state index contributed by atoms with van der Waals surface area (Å²) >= 11 is 0. The number of benzene rings is 1. The molecule has 7 nitrogen and oxygen atoms in total. The quantitative estimate of drug-likeness (QED) is 0.300. The number of ether oxygens (including phenoxy) is 3. The van der Waals surface area contributed by atoms with Crippen molar-refractivity contribution in [2.24, 2.45) is 0 Å². The van der Waals surface area contributed by atoms with Crippen LogP contribution in [0.1, 0.15) is 16.8 Å². The summed E-state index contributed by atoms with van der Waals surface area (Å²) in [5, 5.41) is 10.8. The second-order valence-electron chi connectivity index (χ2n) is 4.01. The Hall–Kier alpha value is -2.06. The lowest BCUT2D eigenvalue weighted by atomic mass is 10.2. The van der Waals surface area contributed by atoms with E-state index in [-0.39, 0.29) is 13.2 Å². The molecule has 21 heavy (non-hydrogen) atoms. The minimum atomic E-state index is -0.957. The highest BCUT2D eigenvalue weighted by Crippen LogP contribution is 2.20. The van der Waals surface area contributed by atoms with Gasteiger partial charge in [0.05, 0.1) is 11.5 Å². The highest BCUT2D eigenvalue weighted by Gasteiger charge is 2.22. The molecule has 0 fully saturated rings. The molecule has 0 bridgehead atoms. The number of methoxy groups -OCH3 is 1. The molecule has 0 N–H and O–H groups in total. The molecule has 0 saturated carbocycles. The lowest BCUT2D eigenvalue weighted by molar-refractivity contribution is -0.385. The first-order chi connectivity index (χ1) is 10.1. The Balaban J connectivity index is 2.45. The third kappa shape index (κ3) is 5.84. The average molecular weight is 301 g/mol. The van der Waals surface area contributed by atoms with Crippen molar-refractivity contribution >= 4 is 11.7 Å². The molecule has 0 atom stereocenters. The van der Waals surface area contributed by atoms with E-state index in [4.69, 9.17) is 14.2 Å². The Morgan fingerprint density at radius 1 is 1.29 bits per heavy atom. The van der Waals surface area contributed by atoms with E-state index < -0.39 is 28.0 Å². The number of nitrogens with zero attached hydrogens (tertiary/aromatic N) is 1. The third-order valence-electron chi connectivity index (χ3n) is 2.47. The normalized spacial score (nSPS) is 10.4. The van der Waals surface area contributed by atoms with Crippen LogP contribution < -0.4 is 0 Å². The molecule has 0 heterocycles. The van der Waals surface area contributed by atoms with Crippen molar-refractivity contribution in [1.82, 2.24) is 0 Å². The Bertz CT molecular complexity index is 494. The molecule has 0 aliphatic rings. The number of rotatable bonds is 9. The molecule has 1 rings (SSSR count). The highest BCUT2D eigenvalue weighted by atomic mass is 19.1. The van der Waals surface area contributed by atoms with Crippen molar-refractivity contribution in [1.29, 1.82) is 0 Å². The Kier molecular flexibility index (Phi) is 7.27. The molecule has 8 heteroatoms. The minimum absolute atomic E-state index is 0.0700. The Labute approximate surface area is 120 Å². The van der Waals surface area contributed by atoms with E-state index in [0.29, 0.717) is 19.6 Å². The SMILES string of the molecule is COCCCOCCOC(=O)c1cc(F)ccc1[N+](=O)[O-]. The highest BCUT2D eigenvalue weighted by molar-refractivity contribution is 5.93. The zero-order chi connectivity index (χ0) is 15.7. The predicted molar refractivity (Wildman–Crippen MR) is 70.6 cm³/mol. The lowest BCUT2D eigenvalue weighted by Crippen LogP contribution is -2.13. The van der Waals surface area contributed by atoms with Gasteiger partial charge in [0.15, 0.2) is 0 Å². The van der Waals surface area contributed by atoms with Crippen LogP contribution in [0.15, 0.2) is 18.2 Å². The van der Waals surface area contributed by atoms with Gasteiger partial charge in [-0.3, -0.25) is 10.1 Å². The number of carbonyl (C=O) groups is 1. The summed E-state index contributed by atoms with van der Waals surface area (Å²) in [6.07, 6.45) is 0.708. The summed E-state index contributed by atoms with van der Waals surface area (Å²) in [6, 6.07) is 2.61. The molecular weight excluding hydrogens is 285 g/mol. The van der Waals surface area contributed by atoms with E-state index in [0.717, 1.165) is 18.2 Å². The summed E-state index contributed by atoms with van der Waals surface area (Å²) in [5.41, 5.74) is -0.915. The standard InChI is InChI=1S/C13H16FNO6/c1-19-5-2-6-20-7-8-21-13(16)11-9-10(14)3-4-12(11)15(17)18/h3-4,9H,2,5-8H2,1H3. The first-order valence-electron chi connectivity index (χ1n) is 6.24. The van der Waals surface area contributed by atoms with Crippen LogP contribution in [0.2, 0.25) is 0 Å². The molecule has 0 radical (unpaired) electrons. The van der Waals surface area contributed by atoms with Gasteiger partial charge >= 0.3 is 5.97 Å². The first kappa shape index (κ1) is 17.0. The number of nitro benzene ring substituents is 1. The molecule has 0 aliphatic carbocycles. The fourth-order valence-corrected chi connectivity index (χ4v) is 1.51. The van der Waals surface area contributed by atoms with Gasteiger partial charge in [-0.1, -0.05) is 0 Å². The van der Waals surface area contributed by atoms with Crippen molar-refractivity contribution in [3.63, 3.8) is 0 Å². The summed E-state index contributed by atoms with van der Waals surface area (Å²) in [7, 11) is 1.58. The van der Waals surface area contributed by atoms with Gasteiger partial charge in [-0.15, -0.1) is 0 Å². The second kappa shape index (κ2) is 8.98. The van der Waals surface area contributed by atoms with E-state index >= 15 is 0 Å². The summed E-state index contributed by atoms with van der Waals surface area (Å²) in [6.45, 7) is 1.10. The number of hydrogen-bond donors (Lipinski definition) is 0. The van der Waals surface area contributed by atoms with E-state index in [1.54, 1.807) is 7.11 Å². The molecule has 1 aromatic rings. The zero-order valence-electron chi connectivity index (χ0n) is 11.5. The largest absolute Gasteiger partial charge is 0.459 e. The molecule has 0 spiro atoms. The maximum atomic E-state index is 13.1. The van der Waals surface area contributed by atoms with Crippen LogP contribution in [0.4, 0.5) is 10.1 Å². The molecule has 1 aromatic carbocycles. The zero-order valence-corrected chi connectivity index (χ0v) is 11.5. The summed E-state index contributed by atoms with van der Waals surface area (Å²) < 4.78 is 27.9. The van der Waals surface area contributed by atoms with E-state index in [9.17, 15) is 19.3 Å². The maximum Gasteiger partial charge on any atom is 0.345 e. The maximum absolute atomic E-state index is 13.1. The van der Waals surface area contributed by atoms with Crippen molar-refractivity contribution < 1.29 is 28.3 Å². The molecule has 0 unspecified atom stereocenters. The third-order valence-corrected chi connectivity index (χ3v) is 2.47. The Morgan fingerprint density at radius 3 is 2.71 bits per heavy atom. The van der Waals surface area contributed by atoms with Gasteiger partial charge in [0.2, 0.25) is 0 Å². The number of halogens is 1. The number of carbonyl (C=O) groups excluding carboxylic acids is 1. The van der Waals surface area contributed by atoms with E-state index in [2.05, 4.69) is 0 Å². The van der Waals surface area contributed by atoms with Crippen LogP contribution in [-0.2, 0) is 14.2 Å². The molecule has 116 valence electrons. The van der Waals surface area contributed by atoms with Crippen LogP contribution in [0.5, 0.6) is 0 Å². The van der Waals surface area contributed by atoms with Crippen LogP contribution in [0.25, 0.3) is 0 Å². The van der Waals surface area contributed by atoms with Gasteiger partial charge in [-0.25, -0.2) is 9.18 Å². The van der Waals surface area contributed by atoms with E-state index in [1.165, 1.54) is 0 Å². The predicted octanol–water partition coefficient (Wildman–Crippen LogP) is 1.94. The van der Waals surface area contributed by atoms with Crippen molar-refractivity contribution in [3.05, 3.63) is 39.7 Å². The second-order valence-corrected chi connectivity index (χ2v) is 4.01. The number of esters is 1. The minimum Gasteiger partial charge on any atom is -0.459 e. The van der Waals surface area contributed by atoms with Gasteiger partial charge in [0.1, 0.15) is 18.0 Å². The van der Waals surface area contributed by atoms with Gasteiger partial charge in [0.25, 0.3) is 5.69 Å². The topological polar surface area (TPSA) is 87.9 Å². The molecular formula is C13H16FNO6. The van der Waals surface area contributed by atoms with Crippen LogP contribution >= 0.6 is 0 Å². The van der Waals surface area contributed by atoms with Crippen LogP contribution in [0.3, 0.4) is 0 Å². The monoisotopic (exact) mass is 301 g/mol. The van der Waals surface area contributed by atoms with Gasteiger partial charge in [-0.2, -0.15) is 0 Å². The van der Waals surface area contributed by atoms with Crippen molar-refractivity contribution in [3.8, 4) is 0 Å². The summed E-state index contributed by atoms with van der Waals surface area (Å²) in [4.78, 5) is 21.7. The fourth-order valence-electron chi connectivity index (χ4n) is 1.51. The fraction of sp³-hybridized carbons (Fsp3) is 0.462. The Morgan fingerprint density at radius 2 is 2.05 bits per heavy atom. The smallest absolute Gasteiger partial charge is 0.345 e. The van der Waals surface area contributed by atoms with Gasteiger partial charge in [-0.05, 0) is 18.6 Å². The lowest BCUT2D eigenvalue weighted by Gasteiger charge is -2.06. The van der Waals surface area contributed by atoms with E-state index in [1.807, 2.05) is 0 Å². The number of nitro groups is 1. The average Bonchev–Trinajstić information content (AvgIpc) is 2.45. The number of hydrogen-bond acceptors (Lipinski definition) is 6. The molecule has 0 aliphatic heterocycles. The van der Waals surface area contributed by atoms with Crippen LogP contribution in [0, 0.1) is 15.9 Å². The van der Waals surface area contributed by atoms with Gasteiger partial charge < -0.3 is 14.2 Å². The van der Waals surface area contributed by atoms with Crippen molar-refractivity contribution in [2.75, 3.05) is 33.5 Å². The van der Waals surface area contributed by atoms with Crippen LogP contribution in [-0.4, -0.2) is 44.4 Å². The summed E-state index contributed by atoms with van der Waals surface area (Å²) in [5.74, 6) is -1.70. The van der Waals surface area contributed by atoms with Gasteiger partial charge in [0, 0.05) is 26.4 Å². The molecule has 0 saturated heterocycles. The molecule has 0 amide bonds. The first-order valence-corrected chi connectivity index (χ1v) is 6.24.